The van der Waals surface area contributed by atoms with Crippen molar-refractivity contribution in [3.05, 3.63) is 64.4 Å². The number of benzene rings is 2. The van der Waals surface area contributed by atoms with Crippen molar-refractivity contribution < 1.29 is 9.53 Å². The van der Waals surface area contributed by atoms with Crippen LogP contribution in [0.1, 0.15) is 37.7 Å². The first kappa shape index (κ1) is 22.2. The Morgan fingerprint density at radius 2 is 1.93 bits per heavy atom. The van der Waals surface area contributed by atoms with Gasteiger partial charge in [0.1, 0.15) is 12.4 Å². The molecule has 158 valence electrons. The number of aromatic amines is 1. The predicted octanol–water partition coefficient (Wildman–Crippen LogP) is 5.37. The fraction of sp³-hybridized carbons (Fsp3) is 0.318. The maximum atomic E-state index is 12.2. The van der Waals surface area contributed by atoms with Gasteiger partial charge in [0, 0.05) is 10.7 Å². The van der Waals surface area contributed by atoms with Crippen molar-refractivity contribution in [3.63, 3.8) is 0 Å². The Morgan fingerprint density at radius 1 is 1.20 bits per heavy atom. The highest BCUT2D eigenvalue weighted by Gasteiger charge is 2.13. The van der Waals surface area contributed by atoms with Gasteiger partial charge in [0.05, 0.1) is 5.75 Å². The number of H-pyrrole nitrogens is 1. The largest absolute Gasteiger partial charge is 0.486 e. The number of ether oxygens (including phenoxy) is 1. The van der Waals surface area contributed by atoms with Gasteiger partial charge in [-0.25, -0.2) is 4.98 Å². The van der Waals surface area contributed by atoms with E-state index in [1.54, 1.807) is 12.1 Å². The average Bonchev–Trinajstić information content (AvgIpc) is 3.15. The molecule has 1 heterocycles. The number of rotatable bonds is 7. The molecule has 6 nitrogen and oxygen atoms in total. The summed E-state index contributed by atoms with van der Waals surface area (Å²) in [5.74, 6) is 1.40. The maximum Gasteiger partial charge on any atom is 0.234 e. The topological polar surface area (TPSA) is 79.9 Å². The highest BCUT2D eigenvalue weighted by Crippen LogP contribution is 2.24. The van der Waals surface area contributed by atoms with Crippen LogP contribution in [0.4, 0.5) is 5.69 Å². The number of carbonyl (C=O) groups is 1. The number of amides is 1. The van der Waals surface area contributed by atoms with Gasteiger partial charge in [0.15, 0.2) is 5.82 Å². The minimum atomic E-state index is -0.109. The number of anilines is 1. The highest BCUT2D eigenvalue weighted by atomic mass is 35.5. The van der Waals surface area contributed by atoms with Gasteiger partial charge in [-0.3, -0.25) is 9.89 Å². The Labute approximate surface area is 185 Å². The molecule has 1 amide bonds. The Morgan fingerprint density at radius 3 is 2.60 bits per heavy atom. The molecule has 0 saturated heterocycles. The smallest absolute Gasteiger partial charge is 0.234 e. The molecule has 30 heavy (non-hydrogen) atoms. The van der Waals surface area contributed by atoms with E-state index in [-0.39, 0.29) is 23.7 Å². The molecule has 0 spiro atoms. The number of aromatic nitrogens is 3. The van der Waals surface area contributed by atoms with Crippen molar-refractivity contribution in [2.75, 3.05) is 11.1 Å². The second-order valence-corrected chi connectivity index (χ2v) is 9.28. The number of halogens is 1. The maximum absolute atomic E-state index is 12.2. The van der Waals surface area contributed by atoms with E-state index in [2.05, 4.69) is 41.3 Å². The summed E-state index contributed by atoms with van der Waals surface area (Å²) in [7, 11) is 0. The number of hydrogen-bond donors (Lipinski definition) is 2. The van der Waals surface area contributed by atoms with Gasteiger partial charge in [0.2, 0.25) is 11.1 Å². The van der Waals surface area contributed by atoms with E-state index in [9.17, 15) is 4.79 Å². The third-order valence-corrected chi connectivity index (χ3v) is 5.65. The molecule has 0 bridgehead atoms. The second-order valence-electron chi connectivity index (χ2n) is 7.93. The van der Waals surface area contributed by atoms with E-state index in [1.165, 1.54) is 17.3 Å². The summed E-state index contributed by atoms with van der Waals surface area (Å²) in [6.45, 7) is 8.64. The molecule has 0 saturated carbocycles. The molecule has 8 heteroatoms. The third kappa shape index (κ3) is 6.24. The molecular formula is C22H25ClN4O2S. The lowest BCUT2D eigenvalue weighted by molar-refractivity contribution is -0.113. The zero-order chi connectivity index (χ0) is 21.7. The van der Waals surface area contributed by atoms with Crippen molar-refractivity contribution in [2.45, 2.75) is 44.9 Å². The SMILES string of the molecule is Cc1cc(OCc2nc(SCC(=O)Nc3ccc(C(C)(C)C)cc3)n[nH]2)ccc1Cl. The number of thioether (sulfide) groups is 1. The molecule has 0 aliphatic heterocycles. The van der Waals surface area contributed by atoms with Crippen LogP contribution in [0, 0.1) is 6.92 Å². The number of hydrogen-bond acceptors (Lipinski definition) is 5. The lowest BCUT2D eigenvalue weighted by Crippen LogP contribution is -2.15. The molecule has 3 rings (SSSR count). The Hall–Kier alpha value is -2.51. The monoisotopic (exact) mass is 444 g/mol. The van der Waals surface area contributed by atoms with Crippen molar-refractivity contribution in [1.82, 2.24) is 15.2 Å². The predicted molar refractivity (Wildman–Crippen MR) is 121 cm³/mol. The number of nitrogens with one attached hydrogen (secondary N) is 2. The Bertz CT molecular complexity index is 1010. The van der Waals surface area contributed by atoms with Crippen LogP contribution in [0.2, 0.25) is 5.02 Å². The van der Waals surface area contributed by atoms with Crippen LogP contribution in [0.25, 0.3) is 0 Å². The highest BCUT2D eigenvalue weighted by molar-refractivity contribution is 7.99. The molecule has 1 aromatic heterocycles. The first-order chi connectivity index (χ1) is 14.2. The Kier molecular flexibility index (Phi) is 7.05. The van der Waals surface area contributed by atoms with Gasteiger partial charge >= 0.3 is 0 Å². The Balaban J connectivity index is 1.46. The number of carbonyl (C=O) groups excluding carboxylic acids is 1. The average molecular weight is 445 g/mol. The summed E-state index contributed by atoms with van der Waals surface area (Å²) in [6.07, 6.45) is 0. The van der Waals surface area contributed by atoms with E-state index in [0.29, 0.717) is 21.8 Å². The van der Waals surface area contributed by atoms with Gasteiger partial charge in [-0.05, 0) is 53.8 Å². The molecule has 0 aliphatic rings. The molecule has 2 N–H and O–H groups in total. The molecule has 0 radical (unpaired) electrons. The van der Waals surface area contributed by atoms with Crippen LogP contribution in [-0.2, 0) is 16.8 Å². The molecular weight excluding hydrogens is 420 g/mol. The van der Waals surface area contributed by atoms with Gasteiger partial charge in [-0.2, -0.15) is 0 Å². The summed E-state index contributed by atoms with van der Waals surface area (Å²) < 4.78 is 5.70. The van der Waals surface area contributed by atoms with Crippen LogP contribution in [0.15, 0.2) is 47.6 Å². The van der Waals surface area contributed by atoms with Gasteiger partial charge in [-0.1, -0.05) is 56.3 Å². The first-order valence-electron chi connectivity index (χ1n) is 9.54. The minimum Gasteiger partial charge on any atom is -0.486 e. The zero-order valence-electron chi connectivity index (χ0n) is 17.5. The summed E-state index contributed by atoms with van der Waals surface area (Å²) in [4.78, 5) is 16.6. The summed E-state index contributed by atoms with van der Waals surface area (Å²) in [5.41, 5.74) is 3.02. The second kappa shape index (κ2) is 9.53. The van der Waals surface area contributed by atoms with Crippen molar-refractivity contribution in [3.8, 4) is 5.75 Å². The molecule has 3 aromatic rings. The summed E-state index contributed by atoms with van der Waals surface area (Å²) in [5, 5.41) is 11.0. The van der Waals surface area contributed by atoms with Gasteiger partial charge < -0.3 is 10.1 Å². The normalized spacial score (nSPS) is 11.4. The summed E-state index contributed by atoms with van der Waals surface area (Å²) in [6, 6.07) is 13.4. The molecule has 0 aliphatic carbocycles. The first-order valence-corrected chi connectivity index (χ1v) is 10.9. The lowest BCUT2D eigenvalue weighted by atomic mass is 9.87. The van der Waals surface area contributed by atoms with E-state index in [0.717, 1.165) is 11.3 Å². The molecule has 0 fully saturated rings. The van der Waals surface area contributed by atoms with Crippen LogP contribution >= 0.6 is 23.4 Å². The van der Waals surface area contributed by atoms with Crippen LogP contribution in [-0.4, -0.2) is 26.8 Å². The van der Waals surface area contributed by atoms with Crippen LogP contribution in [0.3, 0.4) is 0 Å². The van der Waals surface area contributed by atoms with E-state index in [4.69, 9.17) is 16.3 Å². The summed E-state index contributed by atoms with van der Waals surface area (Å²) >= 11 is 7.28. The molecule has 0 atom stereocenters. The quantitative estimate of drug-likeness (QED) is 0.478. The minimum absolute atomic E-state index is 0.0812. The van der Waals surface area contributed by atoms with Crippen molar-refractivity contribution >= 4 is 35.0 Å². The molecule has 0 unspecified atom stereocenters. The van der Waals surface area contributed by atoms with Crippen molar-refractivity contribution in [1.29, 1.82) is 0 Å². The lowest BCUT2D eigenvalue weighted by Gasteiger charge is -2.19. The van der Waals surface area contributed by atoms with Crippen LogP contribution in [0.5, 0.6) is 5.75 Å². The zero-order valence-corrected chi connectivity index (χ0v) is 19.0. The van der Waals surface area contributed by atoms with Crippen LogP contribution < -0.4 is 10.1 Å². The number of nitrogens with zero attached hydrogens (tertiary/aromatic N) is 2. The van der Waals surface area contributed by atoms with E-state index >= 15 is 0 Å². The fourth-order valence-electron chi connectivity index (χ4n) is 2.65. The molecule has 2 aromatic carbocycles. The fourth-order valence-corrected chi connectivity index (χ4v) is 3.38. The van der Waals surface area contributed by atoms with E-state index in [1.807, 2.05) is 37.3 Å². The number of aryl methyl sites for hydroxylation is 1. The third-order valence-electron chi connectivity index (χ3n) is 4.38. The van der Waals surface area contributed by atoms with Gasteiger partial charge in [0.25, 0.3) is 0 Å². The van der Waals surface area contributed by atoms with E-state index < -0.39 is 0 Å². The van der Waals surface area contributed by atoms with Crippen molar-refractivity contribution in [2.24, 2.45) is 0 Å². The van der Waals surface area contributed by atoms with Gasteiger partial charge in [-0.15, -0.1) is 5.10 Å². The standard InChI is InChI=1S/C22H25ClN4O2S/c1-14-11-17(9-10-18(14)23)29-12-19-25-21(27-26-19)30-13-20(28)24-16-7-5-15(6-8-16)22(2,3)4/h5-11H,12-13H2,1-4H3,(H,24,28)(H,25,26,27).